The highest BCUT2D eigenvalue weighted by atomic mass is 16.3. The fourth-order valence-electron chi connectivity index (χ4n) is 2.87. The van der Waals surface area contributed by atoms with Gasteiger partial charge < -0.3 is 19.8 Å². The Morgan fingerprint density at radius 2 is 1.36 bits per heavy atom. The Balaban J connectivity index is 1.72. The van der Waals surface area contributed by atoms with Crippen molar-refractivity contribution >= 4 is 17.7 Å². The lowest BCUT2D eigenvalue weighted by atomic mass is 10.1. The molecule has 2 aliphatic rings. The van der Waals surface area contributed by atoms with Crippen LogP contribution in [-0.4, -0.2) is 76.5 Å². The molecule has 0 aliphatic carbocycles. The molecule has 0 aromatic heterocycles. The number of hydrogen-bond acceptors (Lipinski definition) is 4. The van der Waals surface area contributed by atoms with Gasteiger partial charge in [0.2, 0.25) is 17.7 Å². The minimum Gasteiger partial charge on any atom is -0.393 e. The summed E-state index contributed by atoms with van der Waals surface area (Å²) in [5, 5.41) is 9.43. The van der Waals surface area contributed by atoms with E-state index in [4.69, 9.17) is 0 Å². The molecule has 22 heavy (non-hydrogen) atoms. The molecule has 0 radical (unpaired) electrons. The molecule has 124 valence electrons. The first-order valence-corrected chi connectivity index (χ1v) is 8.02. The number of likely N-dealkylation sites (tertiary alicyclic amines) is 1. The molecule has 2 aliphatic heterocycles. The van der Waals surface area contributed by atoms with Gasteiger partial charge in [-0.05, 0) is 12.8 Å². The molecule has 0 aromatic carbocycles. The standard InChI is InChI=1S/C15H25N3O4/c1-2-13(20)17-9-10-18(11-17)15(22)4-3-14(21)16-7-5-12(19)6-8-16/h12,19H,2-11H2,1H3. The van der Waals surface area contributed by atoms with Crippen molar-refractivity contribution in [2.75, 3.05) is 32.8 Å². The lowest BCUT2D eigenvalue weighted by Crippen LogP contribution is -2.40. The van der Waals surface area contributed by atoms with Crippen LogP contribution in [0.2, 0.25) is 0 Å². The van der Waals surface area contributed by atoms with Crippen LogP contribution in [0.25, 0.3) is 0 Å². The summed E-state index contributed by atoms with van der Waals surface area (Å²) < 4.78 is 0. The third-order valence-electron chi connectivity index (χ3n) is 4.36. The smallest absolute Gasteiger partial charge is 0.224 e. The number of rotatable bonds is 4. The van der Waals surface area contributed by atoms with Crippen LogP contribution in [0.5, 0.6) is 0 Å². The van der Waals surface area contributed by atoms with E-state index in [1.807, 2.05) is 0 Å². The third-order valence-corrected chi connectivity index (χ3v) is 4.36. The van der Waals surface area contributed by atoms with Gasteiger partial charge in [-0.3, -0.25) is 14.4 Å². The Hall–Kier alpha value is -1.63. The van der Waals surface area contributed by atoms with Gasteiger partial charge in [0.1, 0.15) is 0 Å². The molecule has 0 aromatic rings. The average Bonchev–Trinajstić information content (AvgIpc) is 3.02. The van der Waals surface area contributed by atoms with E-state index in [-0.39, 0.29) is 36.7 Å². The first kappa shape index (κ1) is 16.7. The minimum atomic E-state index is -0.308. The van der Waals surface area contributed by atoms with Crippen LogP contribution < -0.4 is 0 Å². The van der Waals surface area contributed by atoms with E-state index < -0.39 is 0 Å². The Morgan fingerprint density at radius 1 is 0.864 bits per heavy atom. The maximum absolute atomic E-state index is 12.1. The van der Waals surface area contributed by atoms with Crippen molar-refractivity contribution in [2.45, 2.75) is 45.1 Å². The van der Waals surface area contributed by atoms with Crippen molar-refractivity contribution in [3.8, 4) is 0 Å². The summed E-state index contributed by atoms with van der Waals surface area (Å²) in [6.45, 7) is 4.41. The van der Waals surface area contributed by atoms with E-state index >= 15 is 0 Å². The highest BCUT2D eigenvalue weighted by Gasteiger charge is 2.27. The summed E-state index contributed by atoms with van der Waals surface area (Å²) in [5.74, 6) is -0.0454. The molecule has 0 spiro atoms. The van der Waals surface area contributed by atoms with Gasteiger partial charge in [-0.15, -0.1) is 0 Å². The first-order valence-electron chi connectivity index (χ1n) is 8.02. The quantitative estimate of drug-likeness (QED) is 0.779. The van der Waals surface area contributed by atoms with Gasteiger partial charge in [0.05, 0.1) is 12.8 Å². The van der Waals surface area contributed by atoms with Crippen molar-refractivity contribution in [2.24, 2.45) is 0 Å². The number of amides is 3. The van der Waals surface area contributed by atoms with E-state index in [2.05, 4.69) is 0 Å². The Morgan fingerprint density at radius 3 is 1.91 bits per heavy atom. The van der Waals surface area contributed by atoms with Crippen molar-refractivity contribution in [3.05, 3.63) is 0 Å². The average molecular weight is 311 g/mol. The van der Waals surface area contributed by atoms with Gasteiger partial charge in [0, 0.05) is 45.4 Å². The normalized spacial score (nSPS) is 19.6. The summed E-state index contributed by atoms with van der Waals surface area (Å²) in [7, 11) is 0. The number of aliphatic hydroxyl groups excluding tert-OH is 1. The van der Waals surface area contributed by atoms with Crippen molar-refractivity contribution in [3.63, 3.8) is 0 Å². The Labute approximate surface area is 130 Å². The molecule has 2 heterocycles. The van der Waals surface area contributed by atoms with Crippen LogP contribution in [0.3, 0.4) is 0 Å². The monoisotopic (exact) mass is 311 g/mol. The Bertz CT molecular complexity index is 433. The fourth-order valence-corrected chi connectivity index (χ4v) is 2.87. The zero-order chi connectivity index (χ0) is 16.1. The number of carbonyl (C=O) groups is 3. The summed E-state index contributed by atoms with van der Waals surface area (Å²) in [6.07, 6.45) is 1.75. The predicted octanol–water partition coefficient (Wildman–Crippen LogP) is -0.212. The highest BCUT2D eigenvalue weighted by molar-refractivity contribution is 5.84. The molecule has 0 saturated carbocycles. The van der Waals surface area contributed by atoms with Crippen LogP contribution in [-0.2, 0) is 14.4 Å². The predicted molar refractivity (Wildman–Crippen MR) is 79.6 cm³/mol. The zero-order valence-electron chi connectivity index (χ0n) is 13.2. The van der Waals surface area contributed by atoms with E-state index in [1.54, 1.807) is 21.6 Å². The summed E-state index contributed by atoms with van der Waals surface area (Å²) in [5.41, 5.74) is 0. The van der Waals surface area contributed by atoms with E-state index in [1.165, 1.54) is 0 Å². The summed E-state index contributed by atoms with van der Waals surface area (Å²) >= 11 is 0. The molecule has 2 fully saturated rings. The number of nitrogens with zero attached hydrogens (tertiary/aromatic N) is 3. The lowest BCUT2D eigenvalue weighted by molar-refractivity contribution is -0.139. The second-order valence-corrected chi connectivity index (χ2v) is 5.92. The topological polar surface area (TPSA) is 81.2 Å². The molecule has 7 nitrogen and oxygen atoms in total. The number of aliphatic hydroxyl groups is 1. The fraction of sp³-hybridized carbons (Fsp3) is 0.800. The second-order valence-electron chi connectivity index (χ2n) is 5.92. The van der Waals surface area contributed by atoms with Gasteiger partial charge in [0.25, 0.3) is 0 Å². The molecule has 1 N–H and O–H groups in total. The summed E-state index contributed by atoms with van der Waals surface area (Å²) in [6, 6.07) is 0. The molecule has 0 atom stereocenters. The number of carbonyl (C=O) groups excluding carboxylic acids is 3. The van der Waals surface area contributed by atoms with Gasteiger partial charge >= 0.3 is 0 Å². The number of hydrogen-bond donors (Lipinski definition) is 1. The maximum Gasteiger partial charge on any atom is 0.224 e. The molecule has 7 heteroatoms. The van der Waals surface area contributed by atoms with Gasteiger partial charge in [0.15, 0.2) is 0 Å². The molecule has 2 rings (SSSR count). The van der Waals surface area contributed by atoms with Crippen molar-refractivity contribution in [1.29, 1.82) is 0 Å². The van der Waals surface area contributed by atoms with Gasteiger partial charge in [-0.1, -0.05) is 6.92 Å². The van der Waals surface area contributed by atoms with Crippen LogP contribution in [0, 0.1) is 0 Å². The molecular formula is C15H25N3O4. The third kappa shape index (κ3) is 4.19. The molecule has 0 bridgehead atoms. The van der Waals surface area contributed by atoms with Gasteiger partial charge in [-0.25, -0.2) is 0 Å². The first-order chi connectivity index (χ1) is 10.5. The zero-order valence-corrected chi connectivity index (χ0v) is 13.2. The van der Waals surface area contributed by atoms with E-state index in [0.717, 1.165) is 0 Å². The minimum absolute atomic E-state index is 0.0269. The SMILES string of the molecule is CCC(=O)N1CCN(C(=O)CCC(=O)N2CCC(O)CC2)C1. The van der Waals surface area contributed by atoms with Crippen LogP contribution in [0.1, 0.15) is 39.0 Å². The van der Waals surface area contributed by atoms with E-state index in [0.29, 0.717) is 52.1 Å². The van der Waals surface area contributed by atoms with Crippen molar-refractivity contribution in [1.82, 2.24) is 14.7 Å². The van der Waals surface area contributed by atoms with E-state index in [9.17, 15) is 19.5 Å². The van der Waals surface area contributed by atoms with Gasteiger partial charge in [-0.2, -0.15) is 0 Å². The summed E-state index contributed by atoms with van der Waals surface area (Å²) in [4.78, 5) is 40.8. The second kappa shape index (κ2) is 7.58. The maximum atomic E-state index is 12.1. The molecule has 3 amide bonds. The van der Waals surface area contributed by atoms with Crippen LogP contribution in [0.15, 0.2) is 0 Å². The number of piperidine rings is 1. The van der Waals surface area contributed by atoms with Crippen LogP contribution >= 0.6 is 0 Å². The largest absolute Gasteiger partial charge is 0.393 e. The highest BCUT2D eigenvalue weighted by Crippen LogP contribution is 2.13. The molecule has 2 saturated heterocycles. The molecule has 0 unspecified atom stereocenters. The lowest BCUT2D eigenvalue weighted by Gasteiger charge is -2.29. The molecular weight excluding hydrogens is 286 g/mol. The Kier molecular flexibility index (Phi) is 5.76. The van der Waals surface area contributed by atoms with Crippen molar-refractivity contribution < 1.29 is 19.5 Å². The van der Waals surface area contributed by atoms with Crippen LogP contribution in [0.4, 0.5) is 0 Å².